The summed E-state index contributed by atoms with van der Waals surface area (Å²) in [5, 5.41) is 9.67. The Morgan fingerprint density at radius 3 is 0.882 bits per heavy atom. The van der Waals surface area contributed by atoms with Gasteiger partial charge in [-0.3, -0.25) is 9.59 Å². The van der Waals surface area contributed by atoms with Crippen LogP contribution < -0.4 is 0 Å². The zero-order chi connectivity index (χ0) is 49.2. The van der Waals surface area contributed by atoms with Gasteiger partial charge in [-0.1, -0.05) is 307 Å². The van der Waals surface area contributed by atoms with E-state index in [1.54, 1.807) is 0 Å². The second kappa shape index (κ2) is 59.4. The van der Waals surface area contributed by atoms with Gasteiger partial charge in [-0.05, 0) is 51.4 Å². The van der Waals surface area contributed by atoms with Crippen molar-refractivity contribution in [1.82, 2.24) is 0 Å². The molecule has 5 nitrogen and oxygen atoms in total. The van der Waals surface area contributed by atoms with Gasteiger partial charge in [-0.25, -0.2) is 0 Å². The van der Waals surface area contributed by atoms with Crippen LogP contribution in [0.4, 0.5) is 0 Å². The van der Waals surface area contributed by atoms with E-state index in [2.05, 4.69) is 50.3 Å². The van der Waals surface area contributed by atoms with Crippen LogP contribution >= 0.6 is 0 Å². The van der Waals surface area contributed by atoms with Crippen LogP contribution in [0.25, 0.3) is 0 Å². The molecule has 0 radical (unpaired) electrons. The molecule has 0 rings (SSSR count). The largest absolute Gasteiger partial charge is 0.462 e. The van der Waals surface area contributed by atoms with Gasteiger partial charge in [0, 0.05) is 12.8 Å². The quantitative estimate of drug-likeness (QED) is 0.0374. The van der Waals surface area contributed by atoms with Crippen molar-refractivity contribution in [2.45, 2.75) is 341 Å². The Hall–Kier alpha value is -1.88. The maximum atomic E-state index is 12.3. The number of aliphatic hydroxyl groups excluding tert-OH is 1. The average Bonchev–Trinajstić information content (AvgIpc) is 3.34. The molecule has 0 aromatic heterocycles. The topological polar surface area (TPSA) is 72.8 Å². The number of allylic oxidation sites excluding steroid dienone is 6. The molecular formula is C63H118O5. The van der Waals surface area contributed by atoms with E-state index in [0.29, 0.717) is 12.8 Å². The van der Waals surface area contributed by atoms with E-state index in [0.717, 1.165) is 44.9 Å². The Labute approximate surface area is 425 Å². The molecule has 0 aliphatic heterocycles. The molecule has 0 aliphatic carbocycles. The maximum absolute atomic E-state index is 12.3. The first-order valence-electron chi connectivity index (χ1n) is 30.5. The lowest BCUT2D eigenvalue weighted by molar-refractivity contribution is -0.161. The van der Waals surface area contributed by atoms with E-state index >= 15 is 0 Å². The molecule has 0 heterocycles. The summed E-state index contributed by atoms with van der Waals surface area (Å²) in [6.07, 6.45) is 77.1. The predicted molar refractivity (Wildman–Crippen MR) is 298 cm³/mol. The van der Waals surface area contributed by atoms with Gasteiger partial charge in [0.15, 0.2) is 6.10 Å². The summed E-state index contributed by atoms with van der Waals surface area (Å²) in [7, 11) is 0. The zero-order valence-corrected chi connectivity index (χ0v) is 45.9. The van der Waals surface area contributed by atoms with Crippen LogP contribution in [0, 0.1) is 0 Å². The van der Waals surface area contributed by atoms with Crippen molar-refractivity contribution in [2.24, 2.45) is 0 Å². The first-order valence-corrected chi connectivity index (χ1v) is 30.5. The number of ether oxygens (including phenoxy) is 2. The summed E-state index contributed by atoms with van der Waals surface area (Å²) >= 11 is 0. The average molecular weight is 956 g/mol. The maximum Gasteiger partial charge on any atom is 0.306 e. The number of carbonyl (C=O) groups is 2. The number of esters is 2. The van der Waals surface area contributed by atoms with Crippen molar-refractivity contribution >= 4 is 11.9 Å². The van der Waals surface area contributed by atoms with Gasteiger partial charge in [0.25, 0.3) is 0 Å². The third-order valence-corrected chi connectivity index (χ3v) is 13.9. The molecule has 0 aromatic carbocycles. The van der Waals surface area contributed by atoms with Crippen LogP contribution in [0.1, 0.15) is 335 Å². The number of aliphatic hydroxyl groups is 1. The van der Waals surface area contributed by atoms with Gasteiger partial charge in [-0.2, -0.15) is 0 Å². The van der Waals surface area contributed by atoms with Crippen molar-refractivity contribution in [3.05, 3.63) is 36.5 Å². The molecular weight excluding hydrogens is 837 g/mol. The molecule has 0 aromatic rings. The predicted octanol–water partition coefficient (Wildman–Crippen LogP) is 20.6. The molecule has 0 aliphatic rings. The minimum Gasteiger partial charge on any atom is -0.462 e. The Bertz CT molecular complexity index is 1080. The zero-order valence-electron chi connectivity index (χ0n) is 45.9. The second-order valence-corrected chi connectivity index (χ2v) is 20.8. The molecule has 0 saturated heterocycles. The molecule has 0 fully saturated rings. The van der Waals surface area contributed by atoms with Gasteiger partial charge >= 0.3 is 11.9 Å². The fourth-order valence-corrected chi connectivity index (χ4v) is 9.33. The second-order valence-electron chi connectivity index (χ2n) is 20.8. The molecule has 0 bridgehead atoms. The minimum absolute atomic E-state index is 0.0593. The van der Waals surface area contributed by atoms with Crippen LogP contribution in [-0.2, 0) is 19.1 Å². The van der Waals surface area contributed by atoms with Gasteiger partial charge in [0.1, 0.15) is 6.61 Å². The van der Waals surface area contributed by atoms with Crippen LogP contribution in [0.3, 0.4) is 0 Å². The van der Waals surface area contributed by atoms with Crippen LogP contribution in [0.5, 0.6) is 0 Å². The third kappa shape index (κ3) is 56.7. The summed E-state index contributed by atoms with van der Waals surface area (Å²) in [6.45, 7) is 4.18. The van der Waals surface area contributed by atoms with Gasteiger partial charge in [-0.15, -0.1) is 0 Å². The molecule has 0 amide bonds. The van der Waals surface area contributed by atoms with Crippen molar-refractivity contribution in [2.75, 3.05) is 13.2 Å². The SMILES string of the molecule is CCCCCCC/C=C\C/C=C\C/C=C\CCCCCCCCCCCCCCCCCCCCC(=O)OC(CO)COC(=O)CCCCCCCCCCCCCCCCCCCCCCC. The van der Waals surface area contributed by atoms with E-state index < -0.39 is 6.10 Å². The van der Waals surface area contributed by atoms with Crippen LogP contribution in [-0.4, -0.2) is 36.4 Å². The number of carbonyl (C=O) groups excluding carboxylic acids is 2. The summed E-state index contributed by atoms with van der Waals surface area (Å²) in [5.74, 6) is -0.569. The van der Waals surface area contributed by atoms with Crippen LogP contribution in [0.2, 0.25) is 0 Å². The van der Waals surface area contributed by atoms with Gasteiger partial charge < -0.3 is 14.6 Å². The van der Waals surface area contributed by atoms with E-state index in [1.165, 1.54) is 263 Å². The molecule has 400 valence electrons. The fourth-order valence-electron chi connectivity index (χ4n) is 9.33. The molecule has 1 N–H and O–H groups in total. The Morgan fingerprint density at radius 2 is 0.588 bits per heavy atom. The van der Waals surface area contributed by atoms with E-state index in [1.807, 2.05) is 0 Å². The molecule has 0 saturated carbocycles. The standard InChI is InChI=1S/C63H118O5/c1-3-5-7-9-11-13-15-17-19-21-23-25-26-27-28-29-30-31-32-33-34-35-36-38-40-42-44-46-48-50-52-54-56-58-63(66)68-61(59-64)60-67-62(65)57-55-53-51-49-47-45-43-41-39-37-24-22-20-18-16-14-12-10-8-6-4-2/h15,17,21,23,26-27,61,64H,3-14,16,18-20,22,24-25,28-60H2,1-2H3/b17-15-,23-21-,27-26-. The highest BCUT2D eigenvalue weighted by molar-refractivity contribution is 5.70. The lowest BCUT2D eigenvalue weighted by atomic mass is 10.0. The highest BCUT2D eigenvalue weighted by Crippen LogP contribution is 2.18. The van der Waals surface area contributed by atoms with E-state index in [9.17, 15) is 14.7 Å². The smallest absolute Gasteiger partial charge is 0.306 e. The van der Waals surface area contributed by atoms with Crippen molar-refractivity contribution in [3.63, 3.8) is 0 Å². The monoisotopic (exact) mass is 955 g/mol. The van der Waals surface area contributed by atoms with Crippen molar-refractivity contribution in [3.8, 4) is 0 Å². The number of rotatable bonds is 57. The fraction of sp³-hybridized carbons (Fsp3) is 0.873. The summed E-state index contributed by atoms with van der Waals surface area (Å²) < 4.78 is 10.7. The third-order valence-electron chi connectivity index (χ3n) is 13.9. The highest BCUT2D eigenvalue weighted by Gasteiger charge is 2.16. The van der Waals surface area contributed by atoms with E-state index in [-0.39, 0.29) is 25.2 Å². The van der Waals surface area contributed by atoms with Gasteiger partial charge in [0.05, 0.1) is 6.61 Å². The Morgan fingerprint density at radius 1 is 0.338 bits per heavy atom. The van der Waals surface area contributed by atoms with Crippen molar-refractivity contribution < 1.29 is 24.2 Å². The lowest BCUT2D eigenvalue weighted by Crippen LogP contribution is -2.28. The number of unbranched alkanes of at least 4 members (excludes halogenated alkanes) is 43. The summed E-state index contributed by atoms with van der Waals surface area (Å²) in [5.41, 5.74) is 0. The molecule has 0 spiro atoms. The summed E-state index contributed by atoms with van der Waals surface area (Å²) in [6, 6.07) is 0. The molecule has 1 atom stereocenters. The van der Waals surface area contributed by atoms with E-state index in [4.69, 9.17) is 9.47 Å². The summed E-state index contributed by atoms with van der Waals surface area (Å²) in [4.78, 5) is 24.5. The Kier molecular flexibility index (Phi) is 57.8. The Balaban J connectivity index is 3.42. The van der Waals surface area contributed by atoms with Crippen LogP contribution in [0.15, 0.2) is 36.5 Å². The number of hydrogen-bond acceptors (Lipinski definition) is 5. The minimum atomic E-state index is -0.769. The number of hydrogen-bond donors (Lipinski definition) is 1. The lowest BCUT2D eigenvalue weighted by Gasteiger charge is -2.15. The molecule has 5 heteroatoms. The first kappa shape index (κ1) is 66.1. The molecule has 68 heavy (non-hydrogen) atoms. The highest BCUT2D eigenvalue weighted by atomic mass is 16.6. The van der Waals surface area contributed by atoms with Crippen molar-refractivity contribution in [1.29, 1.82) is 0 Å². The first-order chi connectivity index (χ1) is 33.6. The normalized spacial score (nSPS) is 12.3. The molecule has 1 unspecified atom stereocenters. The van der Waals surface area contributed by atoms with Gasteiger partial charge in [0.2, 0.25) is 0 Å².